The molecule has 72 valence electrons. The highest BCUT2D eigenvalue weighted by Gasteiger charge is 2.09. The van der Waals surface area contributed by atoms with Crippen LogP contribution in [0, 0.1) is 0 Å². The second-order valence-corrected chi connectivity index (χ2v) is 2.71. The fourth-order valence-corrected chi connectivity index (χ4v) is 1.04. The molecule has 0 radical (unpaired) electrons. The monoisotopic (exact) mass is 173 g/mol. The third kappa shape index (κ3) is 4.31. The maximum absolute atomic E-state index is 11.3. The van der Waals surface area contributed by atoms with Gasteiger partial charge in [-0.15, -0.1) is 0 Å². The average Bonchev–Trinajstić information content (AvgIpc) is 2.04. The van der Waals surface area contributed by atoms with E-state index in [1.54, 1.807) is 4.90 Å². The van der Waals surface area contributed by atoms with Crippen LogP contribution in [0.2, 0.25) is 0 Å². The van der Waals surface area contributed by atoms with Gasteiger partial charge in [0.1, 0.15) is 0 Å². The predicted octanol–water partition coefficient (Wildman–Crippen LogP) is -0.467. The molecule has 0 atom stereocenters. The zero-order valence-corrected chi connectivity index (χ0v) is 7.75. The molecule has 0 saturated carbocycles. The van der Waals surface area contributed by atoms with E-state index in [4.69, 9.17) is 11.5 Å². The van der Waals surface area contributed by atoms with Crippen LogP contribution in [0.5, 0.6) is 0 Å². The van der Waals surface area contributed by atoms with Gasteiger partial charge in [-0.25, -0.2) is 0 Å². The molecule has 0 saturated heterocycles. The summed E-state index contributed by atoms with van der Waals surface area (Å²) in [5, 5.41) is 0. The fourth-order valence-electron chi connectivity index (χ4n) is 1.04. The first kappa shape index (κ1) is 11.4. The van der Waals surface area contributed by atoms with Gasteiger partial charge in [0.05, 0.1) is 0 Å². The van der Waals surface area contributed by atoms with Crippen LogP contribution in [0.4, 0.5) is 0 Å². The van der Waals surface area contributed by atoms with E-state index in [-0.39, 0.29) is 5.91 Å². The summed E-state index contributed by atoms with van der Waals surface area (Å²) in [7, 11) is 0. The zero-order chi connectivity index (χ0) is 9.40. The van der Waals surface area contributed by atoms with Gasteiger partial charge >= 0.3 is 0 Å². The molecule has 0 heterocycles. The zero-order valence-electron chi connectivity index (χ0n) is 7.75. The normalized spacial score (nSPS) is 9.92. The van der Waals surface area contributed by atoms with Gasteiger partial charge in [0.2, 0.25) is 5.91 Å². The van der Waals surface area contributed by atoms with Gasteiger partial charge in [0.25, 0.3) is 0 Å². The van der Waals surface area contributed by atoms with Crippen LogP contribution in [0.3, 0.4) is 0 Å². The number of nitrogens with two attached hydrogens (primary N) is 2. The van der Waals surface area contributed by atoms with E-state index in [2.05, 4.69) is 0 Å². The van der Waals surface area contributed by atoms with Crippen LogP contribution < -0.4 is 11.5 Å². The Kier molecular flexibility index (Phi) is 6.70. The number of nitrogens with zero attached hydrogens (tertiary/aromatic N) is 1. The molecule has 0 aromatic carbocycles. The van der Waals surface area contributed by atoms with Crippen molar-refractivity contribution in [2.24, 2.45) is 11.5 Å². The van der Waals surface area contributed by atoms with E-state index < -0.39 is 0 Å². The summed E-state index contributed by atoms with van der Waals surface area (Å²) in [6.07, 6.45) is 1.48. The van der Waals surface area contributed by atoms with E-state index in [0.29, 0.717) is 32.6 Å². The molecule has 0 aliphatic heterocycles. The number of hydrogen-bond donors (Lipinski definition) is 2. The Labute approximate surface area is 73.9 Å². The molecule has 0 spiro atoms. The lowest BCUT2D eigenvalue weighted by atomic mass is 10.3. The van der Waals surface area contributed by atoms with Crippen LogP contribution >= 0.6 is 0 Å². The molecule has 0 bridgehead atoms. The molecule has 0 aromatic rings. The van der Waals surface area contributed by atoms with Crippen molar-refractivity contribution in [1.29, 1.82) is 0 Å². The minimum Gasteiger partial charge on any atom is -0.340 e. The van der Waals surface area contributed by atoms with Gasteiger partial charge < -0.3 is 16.4 Å². The largest absolute Gasteiger partial charge is 0.340 e. The third-order valence-corrected chi connectivity index (χ3v) is 1.61. The smallest absolute Gasteiger partial charge is 0.222 e. The molecule has 0 aliphatic rings. The van der Waals surface area contributed by atoms with Crippen LogP contribution in [-0.4, -0.2) is 37.0 Å². The first-order valence-electron chi connectivity index (χ1n) is 4.44. The van der Waals surface area contributed by atoms with Crippen LogP contribution in [0.25, 0.3) is 0 Å². The van der Waals surface area contributed by atoms with Crippen molar-refractivity contribution in [3.63, 3.8) is 0 Å². The Balaban J connectivity index is 3.81. The molecule has 0 fully saturated rings. The molecule has 0 aliphatic carbocycles. The van der Waals surface area contributed by atoms with E-state index >= 15 is 0 Å². The molecule has 1 amide bonds. The summed E-state index contributed by atoms with van der Waals surface area (Å²) in [4.78, 5) is 13.1. The van der Waals surface area contributed by atoms with Gasteiger partial charge in [-0.05, 0) is 6.42 Å². The van der Waals surface area contributed by atoms with Gasteiger partial charge in [0, 0.05) is 32.6 Å². The molecule has 12 heavy (non-hydrogen) atoms. The first-order valence-corrected chi connectivity index (χ1v) is 4.44. The van der Waals surface area contributed by atoms with E-state index in [1.165, 1.54) is 0 Å². The third-order valence-electron chi connectivity index (χ3n) is 1.61. The summed E-state index contributed by atoms with van der Waals surface area (Å²) >= 11 is 0. The fraction of sp³-hybridized carbons (Fsp3) is 0.875. The molecule has 0 aromatic heterocycles. The SMILES string of the molecule is CCCC(=O)N(CCN)CCN. The van der Waals surface area contributed by atoms with Crippen LogP contribution in [0.15, 0.2) is 0 Å². The highest BCUT2D eigenvalue weighted by Crippen LogP contribution is 1.95. The summed E-state index contributed by atoms with van der Waals surface area (Å²) in [5.74, 6) is 0.161. The second kappa shape index (κ2) is 7.06. The average molecular weight is 173 g/mol. The molecule has 0 unspecified atom stereocenters. The standard InChI is InChI=1S/C8H19N3O/c1-2-3-8(12)11(6-4-9)7-5-10/h2-7,9-10H2,1H3. The molecule has 0 rings (SSSR count). The molecular weight excluding hydrogens is 154 g/mol. The maximum Gasteiger partial charge on any atom is 0.222 e. The van der Waals surface area contributed by atoms with Gasteiger partial charge in [-0.1, -0.05) is 6.92 Å². The number of rotatable bonds is 6. The Bertz CT molecular complexity index is 121. The Morgan fingerprint density at radius 3 is 2.08 bits per heavy atom. The quantitative estimate of drug-likeness (QED) is 0.570. The van der Waals surface area contributed by atoms with Gasteiger partial charge in [0.15, 0.2) is 0 Å². The summed E-state index contributed by atoms with van der Waals surface area (Å²) in [6, 6.07) is 0. The van der Waals surface area contributed by atoms with Crippen molar-refractivity contribution in [1.82, 2.24) is 4.90 Å². The lowest BCUT2D eigenvalue weighted by molar-refractivity contribution is -0.131. The first-order chi connectivity index (χ1) is 5.76. The highest BCUT2D eigenvalue weighted by molar-refractivity contribution is 5.76. The minimum atomic E-state index is 0.161. The number of hydrogen-bond acceptors (Lipinski definition) is 3. The summed E-state index contributed by atoms with van der Waals surface area (Å²) in [5.41, 5.74) is 10.7. The number of carbonyl (C=O) groups excluding carboxylic acids is 1. The summed E-state index contributed by atoms with van der Waals surface area (Å²) < 4.78 is 0. The highest BCUT2D eigenvalue weighted by atomic mass is 16.2. The van der Waals surface area contributed by atoms with E-state index in [1.807, 2.05) is 6.92 Å². The molecular formula is C8H19N3O. The van der Waals surface area contributed by atoms with Crippen molar-refractivity contribution < 1.29 is 4.79 Å². The molecule has 4 heteroatoms. The van der Waals surface area contributed by atoms with Crippen molar-refractivity contribution in [3.8, 4) is 0 Å². The number of amides is 1. The summed E-state index contributed by atoms with van der Waals surface area (Å²) in [6.45, 7) is 4.25. The van der Waals surface area contributed by atoms with Crippen LogP contribution in [0.1, 0.15) is 19.8 Å². The van der Waals surface area contributed by atoms with Crippen molar-refractivity contribution >= 4 is 5.91 Å². The van der Waals surface area contributed by atoms with E-state index in [0.717, 1.165) is 6.42 Å². The van der Waals surface area contributed by atoms with Crippen molar-refractivity contribution in [2.75, 3.05) is 26.2 Å². The minimum absolute atomic E-state index is 0.161. The Morgan fingerprint density at radius 1 is 1.25 bits per heavy atom. The van der Waals surface area contributed by atoms with Crippen molar-refractivity contribution in [3.05, 3.63) is 0 Å². The Morgan fingerprint density at radius 2 is 1.75 bits per heavy atom. The topological polar surface area (TPSA) is 72.3 Å². The lowest BCUT2D eigenvalue weighted by Gasteiger charge is -2.20. The maximum atomic E-state index is 11.3. The van der Waals surface area contributed by atoms with Crippen molar-refractivity contribution in [2.45, 2.75) is 19.8 Å². The number of carbonyl (C=O) groups is 1. The van der Waals surface area contributed by atoms with Gasteiger partial charge in [-0.3, -0.25) is 4.79 Å². The predicted molar refractivity (Wildman–Crippen MR) is 49.6 cm³/mol. The second-order valence-electron chi connectivity index (χ2n) is 2.71. The molecule has 4 N–H and O–H groups in total. The Hall–Kier alpha value is -0.610. The van der Waals surface area contributed by atoms with E-state index in [9.17, 15) is 4.79 Å². The molecule has 4 nitrogen and oxygen atoms in total. The van der Waals surface area contributed by atoms with Gasteiger partial charge in [-0.2, -0.15) is 0 Å². The lowest BCUT2D eigenvalue weighted by Crippen LogP contribution is -2.38. The van der Waals surface area contributed by atoms with Crippen LogP contribution in [-0.2, 0) is 4.79 Å².